The van der Waals surface area contributed by atoms with Crippen LogP contribution in [0.2, 0.25) is 0 Å². The Kier molecular flexibility index (Phi) is 7.33. The summed E-state index contributed by atoms with van der Waals surface area (Å²) in [6.45, 7) is 1.38. The van der Waals surface area contributed by atoms with Crippen molar-refractivity contribution < 1.29 is 22.8 Å². The second-order valence-corrected chi connectivity index (χ2v) is 8.84. The molecule has 2 amide bonds. The molecular weight excluding hydrogens is 447 g/mol. The van der Waals surface area contributed by atoms with Crippen molar-refractivity contribution in [3.63, 3.8) is 0 Å². The fraction of sp³-hybridized carbons (Fsp3) is 0.500. The average molecular weight is 476 g/mol. The SMILES string of the molecule is O=C(CCC1CCCC1)Nc1ccc(N2CCN(C(=O)c3ccccc3C(F)(F)F)CC2)nn1. The van der Waals surface area contributed by atoms with Crippen LogP contribution in [-0.4, -0.2) is 53.1 Å². The first-order valence-corrected chi connectivity index (χ1v) is 11.7. The molecule has 0 radical (unpaired) electrons. The zero-order valence-electron chi connectivity index (χ0n) is 18.9. The molecule has 10 heteroatoms. The smallest absolute Gasteiger partial charge is 0.352 e. The molecule has 1 aliphatic carbocycles. The first kappa shape index (κ1) is 24.0. The van der Waals surface area contributed by atoms with E-state index in [1.165, 1.54) is 48.8 Å². The number of aromatic nitrogens is 2. The van der Waals surface area contributed by atoms with Gasteiger partial charge in [0.15, 0.2) is 11.6 Å². The van der Waals surface area contributed by atoms with Gasteiger partial charge in [0, 0.05) is 32.6 Å². The van der Waals surface area contributed by atoms with Crippen LogP contribution in [0.5, 0.6) is 0 Å². The lowest BCUT2D eigenvalue weighted by atomic mass is 10.0. The Morgan fingerprint density at radius 3 is 2.32 bits per heavy atom. The van der Waals surface area contributed by atoms with Crippen LogP contribution in [0.25, 0.3) is 0 Å². The van der Waals surface area contributed by atoms with E-state index in [0.29, 0.717) is 37.1 Å². The van der Waals surface area contributed by atoms with Crippen molar-refractivity contribution >= 4 is 23.5 Å². The maximum atomic E-state index is 13.3. The topological polar surface area (TPSA) is 78.4 Å². The molecule has 1 saturated heterocycles. The van der Waals surface area contributed by atoms with E-state index in [-0.39, 0.29) is 24.6 Å². The number of hydrogen-bond donors (Lipinski definition) is 1. The number of rotatable bonds is 6. The van der Waals surface area contributed by atoms with E-state index in [0.717, 1.165) is 12.5 Å². The number of nitrogens with one attached hydrogen (secondary N) is 1. The summed E-state index contributed by atoms with van der Waals surface area (Å²) in [6.07, 6.45) is 1.70. The molecule has 2 aliphatic rings. The number of amides is 2. The second kappa shape index (κ2) is 10.4. The van der Waals surface area contributed by atoms with Crippen LogP contribution in [-0.2, 0) is 11.0 Å². The minimum absolute atomic E-state index is 0.0692. The first-order valence-electron chi connectivity index (χ1n) is 11.7. The molecule has 2 heterocycles. The zero-order chi connectivity index (χ0) is 24.1. The molecule has 1 saturated carbocycles. The highest BCUT2D eigenvalue weighted by molar-refractivity contribution is 5.96. The van der Waals surface area contributed by atoms with Crippen molar-refractivity contribution in [3.8, 4) is 0 Å². The van der Waals surface area contributed by atoms with Gasteiger partial charge in [-0.15, -0.1) is 10.2 Å². The van der Waals surface area contributed by atoms with Gasteiger partial charge in [-0.1, -0.05) is 37.8 Å². The minimum atomic E-state index is -4.59. The molecule has 34 heavy (non-hydrogen) atoms. The number of alkyl halides is 3. The van der Waals surface area contributed by atoms with Gasteiger partial charge in [0.25, 0.3) is 5.91 Å². The maximum absolute atomic E-state index is 13.3. The van der Waals surface area contributed by atoms with Crippen molar-refractivity contribution in [2.75, 3.05) is 36.4 Å². The van der Waals surface area contributed by atoms with Gasteiger partial charge in [-0.05, 0) is 36.6 Å². The van der Waals surface area contributed by atoms with Crippen molar-refractivity contribution in [1.29, 1.82) is 0 Å². The maximum Gasteiger partial charge on any atom is 0.417 e. The van der Waals surface area contributed by atoms with Gasteiger partial charge >= 0.3 is 6.18 Å². The van der Waals surface area contributed by atoms with E-state index in [1.54, 1.807) is 12.1 Å². The zero-order valence-corrected chi connectivity index (χ0v) is 18.9. The number of nitrogens with zero attached hydrogens (tertiary/aromatic N) is 4. The van der Waals surface area contributed by atoms with Gasteiger partial charge in [-0.2, -0.15) is 13.2 Å². The number of anilines is 2. The third-order valence-electron chi connectivity index (χ3n) is 6.53. The van der Waals surface area contributed by atoms with E-state index in [4.69, 9.17) is 0 Å². The molecule has 182 valence electrons. The quantitative estimate of drug-likeness (QED) is 0.672. The van der Waals surface area contributed by atoms with E-state index >= 15 is 0 Å². The average Bonchev–Trinajstić information content (AvgIpc) is 3.36. The van der Waals surface area contributed by atoms with Crippen LogP contribution in [0.4, 0.5) is 24.8 Å². The van der Waals surface area contributed by atoms with E-state index in [2.05, 4.69) is 15.5 Å². The summed E-state index contributed by atoms with van der Waals surface area (Å²) in [5.74, 6) is 0.922. The molecular formula is C24H28F3N5O2. The van der Waals surface area contributed by atoms with Crippen molar-refractivity contribution in [2.45, 2.75) is 44.7 Å². The number of piperazine rings is 1. The Bertz CT molecular complexity index is 998. The lowest BCUT2D eigenvalue weighted by Crippen LogP contribution is -2.49. The van der Waals surface area contributed by atoms with E-state index in [9.17, 15) is 22.8 Å². The van der Waals surface area contributed by atoms with E-state index in [1.807, 2.05) is 4.90 Å². The highest BCUT2D eigenvalue weighted by Crippen LogP contribution is 2.32. The molecule has 1 N–H and O–H groups in total. The standard InChI is InChI=1S/C24H28F3N5O2/c25-24(26,27)19-8-4-3-7-18(19)23(34)32-15-13-31(14-16-32)21-11-10-20(29-30-21)28-22(33)12-9-17-5-1-2-6-17/h3-4,7-8,10-11,17H,1-2,5-6,9,12-16H2,(H,28,29,33). The number of hydrogen-bond acceptors (Lipinski definition) is 5. The third-order valence-corrected chi connectivity index (χ3v) is 6.53. The summed E-state index contributed by atoms with van der Waals surface area (Å²) in [5.41, 5.74) is -1.26. The van der Waals surface area contributed by atoms with E-state index < -0.39 is 17.6 Å². The normalized spacial score (nSPS) is 17.1. The fourth-order valence-electron chi connectivity index (χ4n) is 4.63. The number of carbonyl (C=O) groups is 2. The Balaban J connectivity index is 1.29. The number of carbonyl (C=O) groups excluding carboxylic acids is 2. The first-order chi connectivity index (χ1) is 16.3. The van der Waals surface area contributed by atoms with Crippen LogP contribution in [0.1, 0.15) is 54.4 Å². The monoisotopic (exact) mass is 475 g/mol. The predicted octanol–water partition coefficient (Wildman–Crippen LogP) is 4.37. The highest BCUT2D eigenvalue weighted by Gasteiger charge is 2.36. The molecule has 2 aromatic rings. The predicted molar refractivity (Wildman–Crippen MR) is 121 cm³/mol. The molecule has 0 spiro atoms. The molecule has 1 aromatic carbocycles. The lowest BCUT2D eigenvalue weighted by molar-refractivity contribution is -0.138. The molecule has 1 aromatic heterocycles. The van der Waals surface area contributed by atoms with Crippen LogP contribution in [0, 0.1) is 5.92 Å². The summed E-state index contributed by atoms with van der Waals surface area (Å²) in [7, 11) is 0. The van der Waals surface area contributed by atoms with Gasteiger partial charge in [0.05, 0.1) is 11.1 Å². The van der Waals surface area contributed by atoms with Gasteiger partial charge in [-0.3, -0.25) is 9.59 Å². The molecule has 4 rings (SSSR count). The summed E-state index contributed by atoms with van der Waals surface area (Å²) < 4.78 is 39.8. The summed E-state index contributed by atoms with van der Waals surface area (Å²) >= 11 is 0. The van der Waals surface area contributed by atoms with Gasteiger partial charge in [0.2, 0.25) is 5.91 Å². The molecule has 0 bridgehead atoms. The Hall–Kier alpha value is -3.17. The van der Waals surface area contributed by atoms with Crippen molar-refractivity contribution in [3.05, 3.63) is 47.5 Å². The summed E-state index contributed by atoms with van der Waals surface area (Å²) in [4.78, 5) is 28.2. The van der Waals surface area contributed by atoms with Crippen LogP contribution in [0.15, 0.2) is 36.4 Å². The van der Waals surface area contributed by atoms with Crippen molar-refractivity contribution in [1.82, 2.24) is 15.1 Å². The van der Waals surface area contributed by atoms with Gasteiger partial charge < -0.3 is 15.1 Å². The fourth-order valence-corrected chi connectivity index (χ4v) is 4.63. The highest BCUT2D eigenvalue weighted by atomic mass is 19.4. The van der Waals surface area contributed by atoms with Crippen LogP contribution >= 0.6 is 0 Å². The minimum Gasteiger partial charge on any atom is -0.352 e. The van der Waals surface area contributed by atoms with Crippen LogP contribution < -0.4 is 10.2 Å². The molecule has 7 nitrogen and oxygen atoms in total. The number of halogens is 3. The Labute approximate surface area is 196 Å². The molecule has 0 unspecified atom stereocenters. The van der Waals surface area contributed by atoms with Gasteiger partial charge in [-0.25, -0.2) is 0 Å². The molecule has 2 fully saturated rings. The summed E-state index contributed by atoms with van der Waals surface area (Å²) in [6, 6.07) is 8.28. The van der Waals surface area contributed by atoms with Crippen molar-refractivity contribution in [2.24, 2.45) is 5.92 Å². The molecule has 1 aliphatic heterocycles. The lowest BCUT2D eigenvalue weighted by Gasteiger charge is -2.35. The second-order valence-electron chi connectivity index (χ2n) is 8.84. The number of benzene rings is 1. The third kappa shape index (κ3) is 5.84. The molecule has 0 atom stereocenters. The van der Waals surface area contributed by atoms with Crippen LogP contribution in [0.3, 0.4) is 0 Å². The largest absolute Gasteiger partial charge is 0.417 e. The summed E-state index contributed by atoms with van der Waals surface area (Å²) in [5, 5.41) is 11.0. The Morgan fingerprint density at radius 2 is 1.68 bits per heavy atom. The van der Waals surface area contributed by atoms with Gasteiger partial charge in [0.1, 0.15) is 0 Å². The Morgan fingerprint density at radius 1 is 0.971 bits per heavy atom.